The summed E-state index contributed by atoms with van der Waals surface area (Å²) in [5.41, 5.74) is 0.547. The Labute approximate surface area is 115 Å². The molecule has 1 saturated heterocycles. The monoisotopic (exact) mass is 278 g/mol. The number of halogens is 1. The SMILES string of the molecule is CN(Cc1nc2ccc(Cl)cc2c(=O)[nH]1)C1CNC1. The summed E-state index contributed by atoms with van der Waals surface area (Å²) in [6.07, 6.45) is 0. The number of fused-ring (bicyclic) bond motifs is 1. The van der Waals surface area contributed by atoms with Crippen molar-refractivity contribution in [3.8, 4) is 0 Å². The van der Waals surface area contributed by atoms with Crippen LogP contribution < -0.4 is 10.9 Å². The normalized spacial score (nSPS) is 15.9. The lowest BCUT2D eigenvalue weighted by Gasteiger charge is -2.35. The molecule has 1 aromatic carbocycles. The highest BCUT2D eigenvalue weighted by Crippen LogP contribution is 2.15. The average Bonchev–Trinajstić information content (AvgIpc) is 2.28. The number of rotatable bonds is 3. The molecular weight excluding hydrogens is 264 g/mol. The average molecular weight is 279 g/mol. The Bertz CT molecular complexity index is 665. The summed E-state index contributed by atoms with van der Waals surface area (Å²) >= 11 is 5.89. The number of hydrogen-bond acceptors (Lipinski definition) is 4. The lowest BCUT2D eigenvalue weighted by atomic mass is 10.1. The van der Waals surface area contributed by atoms with E-state index < -0.39 is 0 Å². The summed E-state index contributed by atoms with van der Waals surface area (Å²) < 4.78 is 0. The van der Waals surface area contributed by atoms with E-state index >= 15 is 0 Å². The first-order chi connectivity index (χ1) is 9.13. The zero-order valence-corrected chi connectivity index (χ0v) is 11.4. The van der Waals surface area contributed by atoms with Crippen LogP contribution >= 0.6 is 11.6 Å². The van der Waals surface area contributed by atoms with Gasteiger partial charge in [-0.3, -0.25) is 9.69 Å². The van der Waals surface area contributed by atoms with Crippen LogP contribution in [-0.4, -0.2) is 41.0 Å². The van der Waals surface area contributed by atoms with Crippen LogP contribution in [0.2, 0.25) is 5.02 Å². The summed E-state index contributed by atoms with van der Waals surface area (Å²) in [6.45, 7) is 2.62. The van der Waals surface area contributed by atoms with Gasteiger partial charge in [0, 0.05) is 24.2 Å². The van der Waals surface area contributed by atoms with Gasteiger partial charge >= 0.3 is 0 Å². The third-order valence-corrected chi connectivity index (χ3v) is 3.73. The van der Waals surface area contributed by atoms with Gasteiger partial charge in [0.2, 0.25) is 0 Å². The van der Waals surface area contributed by atoms with E-state index in [1.54, 1.807) is 18.2 Å². The molecule has 1 fully saturated rings. The van der Waals surface area contributed by atoms with Gasteiger partial charge in [-0.25, -0.2) is 4.98 Å². The molecule has 2 heterocycles. The van der Waals surface area contributed by atoms with Crippen molar-refractivity contribution in [3.63, 3.8) is 0 Å². The second-order valence-electron chi connectivity index (χ2n) is 4.90. The van der Waals surface area contributed by atoms with Crippen LogP contribution in [0.3, 0.4) is 0 Å². The van der Waals surface area contributed by atoms with E-state index in [2.05, 4.69) is 20.2 Å². The standard InChI is InChI=1S/C13H15ClN4O/c1-18(9-5-15-6-9)7-12-16-11-3-2-8(14)4-10(11)13(19)17-12/h2-4,9,15H,5-7H2,1H3,(H,16,17,19). The van der Waals surface area contributed by atoms with Gasteiger partial charge in [-0.05, 0) is 25.2 Å². The fourth-order valence-corrected chi connectivity index (χ4v) is 2.36. The smallest absolute Gasteiger partial charge is 0.258 e. The molecule has 2 N–H and O–H groups in total. The van der Waals surface area contributed by atoms with Crippen molar-refractivity contribution in [2.45, 2.75) is 12.6 Å². The Hall–Kier alpha value is -1.43. The van der Waals surface area contributed by atoms with Crippen molar-refractivity contribution in [2.75, 3.05) is 20.1 Å². The number of nitrogens with zero attached hydrogens (tertiary/aromatic N) is 2. The zero-order valence-electron chi connectivity index (χ0n) is 10.6. The van der Waals surface area contributed by atoms with Gasteiger partial charge in [0.15, 0.2) is 0 Å². The molecule has 1 aliphatic rings. The number of H-pyrrole nitrogens is 1. The van der Waals surface area contributed by atoms with Crippen molar-refractivity contribution >= 4 is 22.5 Å². The first-order valence-electron chi connectivity index (χ1n) is 6.23. The minimum Gasteiger partial charge on any atom is -0.314 e. The second kappa shape index (κ2) is 4.92. The van der Waals surface area contributed by atoms with Crippen molar-refractivity contribution in [1.82, 2.24) is 20.2 Å². The lowest BCUT2D eigenvalue weighted by molar-refractivity contribution is 0.169. The fraction of sp³-hybridized carbons (Fsp3) is 0.385. The van der Waals surface area contributed by atoms with Crippen molar-refractivity contribution in [1.29, 1.82) is 0 Å². The lowest BCUT2D eigenvalue weighted by Crippen LogP contribution is -2.55. The molecule has 5 nitrogen and oxygen atoms in total. The third-order valence-electron chi connectivity index (χ3n) is 3.50. The molecule has 1 aliphatic heterocycles. The third kappa shape index (κ3) is 2.49. The van der Waals surface area contributed by atoms with Gasteiger partial charge in [0.25, 0.3) is 5.56 Å². The molecule has 1 aromatic heterocycles. The summed E-state index contributed by atoms with van der Waals surface area (Å²) in [6, 6.07) is 5.69. The van der Waals surface area contributed by atoms with E-state index in [1.807, 2.05) is 7.05 Å². The number of aromatic amines is 1. The molecular formula is C13H15ClN4O. The number of nitrogens with one attached hydrogen (secondary N) is 2. The molecule has 0 atom stereocenters. The van der Waals surface area contributed by atoms with E-state index in [0.717, 1.165) is 13.1 Å². The predicted octanol–water partition coefficient (Wildman–Crippen LogP) is 0.980. The van der Waals surface area contributed by atoms with Crippen LogP contribution in [0, 0.1) is 0 Å². The number of hydrogen-bond donors (Lipinski definition) is 2. The van der Waals surface area contributed by atoms with Gasteiger partial charge in [-0.2, -0.15) is 0 Å². The quantitative estimate of drug-likeness (QED) is 0.879. The molecule has 6 heteroatoms. The Balaban J connectivity index is 1.92. The van der Waals surface area contributed by atoms with E-state index in [9.17, 15) is 4.79 Å². The Morgan fingerprint density at radius 3 is 2.95 bits per heavy atom. The van der Waals surface area contributed by atoms with E-state index in [-0.39, 0.29) is 5.56 Å². The maximum absolute atomic E-state index is 12.0. The van der Waals surface area contributed by atoms with E-state index in [0.29, 0.717) is 34.3 Å². The topological polar surface area (TPSA) is 61.0 Å². The maximum Gasteiger partial charge on any atom is 0.258 e. The highest BCUT2D eigenvalue weighted by atomic mass is 35.5. The largest absolute Gasteiger partial charge is 0.314 e. The first-order valence-corrected chi connectivity index (χ1v) is 6.61. The van der Waals surface area contributed by atoms with Crippen molar-refractivity contribution in [3.05, 3.63) is 39.4 Å². The van der Waals surface area contributed by atoms with Crippen LogP contribution in [-0.2, 0) is 6.54 Å². The van der Waals surface area contributed by atoms with E-state index in [4.69, 9.17) is 11.6 Å². The molecule has 19 heavy (non-hydrogen) atoms. The molecule has 0 bridgehead atoms. The zero-order chi connectivity index (χ0) is 13.4. The van der Waals surface area contributed by atoms with Gasteiger partial charge in [0.1, 0.15) is 5.82 Å². The molecule has 2 aromatic rings. The molecule has 0 amide bonds. The van der Waals surface area contributed by atoms with Gasteiger partial charge in [-0.15, -0.1) is 0 Å². The Morgan fingerprint density at radius 1 is 1.47 bits per heavy atom. The maximum atomic E-state index is 12.0. The Morgan fingerprint density at radius 2 is 2.26 bits per heavy atom. The first kappa shape index (κ1) is 12.6. The molecule has 100 valence electrons. The minimum atomic E-state index is -0.136. The summed E-state index contributed by atoms with van der Waals surface area (Å²) in [5.74, 6) is 0.689. The molecule has 0 radical (unpaired) electrons. The van der Waals surface area contributed by atoms with Gasteiger partial charge < -0.3 is 10.3 Å². The molecule has 0 aliphatic carbocycles. The van der Waals surface area contributed by atoms with Crippen LogP contribution in [0.5, 0.6) is 0 Å². The van der Waals surface area contributed by atoms with Crippen molar-refractivity contribution < 1.29 is 0 Å². The fourth-order valence-electron chi connectivity index (χ4n) is 2.18. The number of likely N-dealkylation sites (N-methyl/N-ethyl adjacent to an activating group) is 1. The molecule has 0 spiro atoms. The van der Waals surface area contributed by atoms with Gasteiger partial charge in [-0.1, -0.05) is 11.6 Å². The summed E-state index contributed by atoms with van der Waals surface area (Å²) in [7, 11) is 2.04. The molecule has 0 saturated carbocycles. The highest BCUT2D eigenvalue weighted by Gasteiger charge is 2.22. The molecule has 3 rings (SSSR count). The highest BCUT2D eigenvalue weighted by molar-refractivity contribution is 6.31. The molecule has 0 unspecified atom stereocenters. The van der Waals surface area contributed by atoms with E-state index in [1.165, 1.54) is 0 Å². The van der Waals surface area contributed by atoms with Gasteiger partial charge in [0.05, 0.1) is 17.4 Å². The van der Waals surface area contributed by atoms with Crippen molar-refractivity contribution in [2.24, 2.45) is 0 Å². The number of aromatic nitrogens is 2. The summed E-state index contributed by atoms with van der Waals surface area (Å²) in [4.78, 5) is 21.5. The predicted molar refractivity (Wildman–Crippen MR) is 75.5 cm³/mol. The minimum absolute atomic E-state index is 0.136. The van der Waals surface area contributed by atoms with Crippen LogP contribution in [0.1, 0.15) is 5.82 Å². The van der Waals surface area contributed by atoms with Crippen LogP contribution in [0.4, 0.5) is 0 Å². The Kier molecular flexibility index (Phi) is 3.26. The van der Waals surface area contributed by atoms with Crippen LogP contribution in [0.15, 0.2) is 23.0 Å². The second-order valence-corrected chi connectivity index (χ2v) is 5.34. The summed E-state index contributed by atoms with van der Waals surface area (Å²) in [5, 5.41) is 4.30. The number of benzene rings is 1. The van der Waals surface area contributed by atoms with Crippen LogP contribution in [0.25, 0.3) is 10.9 Å².